The van der Waals surface area contributed by atoms with Crippen molar-refractivity contribution in [1.82, 2.24) is 20.4 Å². The summed E-state index contributed by atoms with van der Waals surface area (Å²) < 4.78 is 11.2. The van der Waals surface area contributed by atoms with E-state index in [2.05, 4.69) is 15.8 Å². The molecule has 4 N–H and O–H groups in total. The van der Waals surface area contributed by atoms with E-state index in [0.29, 0.717) is 29.7 Å². The normalized spacial score (nSPS) is 18.8. The molecule has 3 atom stereocenters. The van der Waals surface area contributed by atoms with Crippen LogP contribution in [0.1, 0.15) is 36.3 Å². The predicted molar refractivity (Wildman–Crippen MR) is 130 cm³/mol. The van der Waals surface area contributed by atoms with Crippen molar-refractivity contribution in [2.75, 3.05) is 25.5 Å². The van der Waals surface area contributed by atoms with E-state index >= 15 is 0 Å². The molecule has 0 bridgehead atoms. The second-order valence-electron chi connectivity index (χ2n) is 8.87. The summed E-state index contributed by atoms with van der Waals surface area (Å²) in [5.74, 6) is 2.52. The highest BCUT2D eigenvalue weighted by Gasteiger charge is 2.27. The summed E-state index contributed by atoms with van der Waals surface area (Å²) in [6, 6.07) is 7.45. The Kier molecular flexibility index (Phi) is 7.45. The highest BCUT2D eigenvalue weighted by atomic mass is 16.5. The van der Waals surface area contributed by atoms with Gasteiger partial charge in [-0.15, -0.1) is 0 Å². The number of aliphatic hydroxyl groups is 2. The molecule has 182 valence electrons. The van der Waals surface area contributed by atoms with E-state index in [0.717, 1.165) is 47.3 Å². The van der Waals surface area contributed by atoms with Crippen LogP contribution in [0, 0.1) is 20.8 Å². The van der Waals surface area contributed by atoms with E-state index in [9.17, 15) is 10.2 Å². The van der Waals surface area contributed by atoms with Gasteiger partial charge >= 0.3 is 0 Å². The molecular weight excluding hydrogens is 434 g/mol. The van der Waals surface area contributed by atoms with Crippen LogP contribution in [0.5, 0.6) is 5.75 Å². The molecular formula is C25H33N5O4. The topological polar surface area (TPSA) is 126 Å². The average molecular weight is 468 g/mol. The molecule has 3 aromatic rings. The monoisotopic (exact) mass is 467 g/mol. The molecule has 0 radical (unpaired) electrons. The minimum atomic E-state index is -0.607. The molecule has 4 rings (SSSR count). The van der Waals surface area contributed by atoms with Crippen LogP contribution in [-0.4, -0.2) is 63.8 Å². The van der Waals surface area contributed by atoms with Gasteiger partial charge in [0.05, 0.1) is 29.1 Å². The number of rotatable bonds is 9. The Morgan fingerprint density at radius 3 is 2.71 bits per heavy atom. The van der Waals surface area contributed by atoms with E-state index in [4.69, 9.17) is 19.2 Å². The van der Waals surface area contributed by atoms with Crippen LogP contribution in [-0.2, 0) is 0 Å². The number of aliphatic hydroxyl groups excluding tert-OH is 2. The minimum Gasteiger partial charge on any atom is -0.491 e. The van der Waals surface area contributed by atoms with Crippen molar-refractivity contribution < 1.29 is 19.5 Å². The highest BCUT2D eigenvalue weighted by molar-refractivity contribution is 5.74. The zero-order valence-electron chi connectivity index (χ0n) is 20.1. The quantitative estimate of drug-likeness (QED) is 0.376. The van der Waals surface area contributed by atoms with Gasteiger partial charge in [0.25, 0.3) is 0 Å². The van der Waals surface area contributed by atoms with Gasteiger partial charge in [-0.2, -0.15) is 0 Å². The third-order valence-electron chi connectivity index (χ3n) is 6.19. The van der Waals surface area contributed by atoms with Crippen LogP contribution in [0.3, 0.4) is 0 Å². The van der Waals surface area contributed by atoms with Crippen molar-refractivity contribution in [2.24, 2.45) is 0 Å². The van der Waals surface area contributed by atoms with Crippen LogP contribution in [0.2, 0.25) is 0 Å². The fourth-order valence-corrected chi connectivity index (χ4v) is 4.35. The number of anilines is 1. The average Bonchev–Trinajstić information content (AvgIpc) is 3.38. The van der Waals surface area contributed by atoms with Crippen LogP contribution >= 0.6 is 0 Å². The number of ether oxygens (including phenoxy) is 1. The lowest BCUT2D eigenvalue weighted by molar-refractivity contribution is 0.108. The Balaban J connectivity index is 1.73. The van der Waals surface area contributed by atoms with Crippen LogP contribution in [0.4, 0.5) is 5.82 Å². The SMILES string of the molecule is CNCC(O)COc1cccc(-c2nc(N[C@H]3CCC[C@H]3O)c(C)c(-c3c(C)noc3C)n2)c1. The van der Waals surface area contributed by atoms with Gasteiger partial charge in [-0.05, 0) is 59.2 Å². The second kappa shape index (κ2) is 10.5. The van der Waals surface area contributed by atoms with Gasteiger partial charge < -0.3 is 30.1 Å². The fraction of sp³-hybridized carbons (Fsp3) is 0.480. The van der Waals surface area contributed by atoms with Gasteiger partial charge in [0.15, 0.2) is 5.82 Å². The summed E-state index contributed by atoms with van der Waals surface area (Å²) in [6.45, 7) is 6.36. The number of aromatic nitrogens is 3. The van der Waals surface area contributed by atoms with Crippen LogP contribution < -0.4 is 15.4 Å². The van der Waals surface area contributed by atoms with Crippen molar-refractivity contribution in [3.05, 3.63) is 41.3 Å². The van der Waals surface area contributed by atoms with E-state index in [1.807, 2.05) is 45.0 Å². The largest absolute Gasteiger partial charge is 0.491 e. The summed E-state index contributed by atoms with van der Waals surface area (Å²) in [5, 5.41) is 30.8. The lowest BCUT2D eigenvalue weighted by Gasteiger charge is -2.20. The molecule has 9 nitrogen and oxygen atoms in total. The molecule has 9 heteroatoms. The summed E-state index contributed by atoms with van der Waals surface area (Å²) in [7, 11) is 1.78. The Bertz CT molecular complexity index is 1110. The number of aryl methyl sites for hydroxylation is 2. The lowest BCUT2D eigenvalue weighted by Crippen LogP contribution is -2.29. The van der Waals surface area contributed by atoms with Crippen LogP contribution in [0.15, 0.2) is 28.8 Å². The molecule has 1 aliphatic carbocycles. The molecule has 0 spiro atoms. The summed E-state index contributed by atoms with van der Waals surface area (Å²) >= 11 is 0. The first kappa shape index (κ1) is 24.1. The van der Waals surface area contributed by atoms with Gasteiger partial charge in [0, 0.05) is 17.7 Å². The fourth-order valence-electron chi connectivity index (χ4n) is 4.35. The number of likely N-dealkylation sites (N-methyl/N-ethyl adjacent to an activating group) is 1. The molecule has 1 aromatic carbocycles. The van der Waals surface area contributed by atoms with Gasteiger partial charge in [-0.3, -0.25) is 0 Å². The molecule has 2 heterocycles. The zero-order valence-corrected chi connectivity index (χ0v) is 20.1. The third-order valence-corrected chi connectivity index (χ3v) is 6.19. The van der Waals surface area contributed by atoms with E-state index in [-0.39, 0.29) is 12.6 Å². The standard InChI is InChI=1S/C25H33N5O4/c1-14-23(22-15(2)30-34-16(22)3)28-25(29-24(14)27-20-9-6-10-21(20)32)17-7-5-8-19(11-17)33-13-18(31)12-26-4/h5,7-8,11,18,20-21,26,31-32H,6,9-10,12-13H2,1-4H3,(H,27,28,29)/t18?,20-,21+/m0/s1. The highest BCUT2D eigenvalue weighted by Crippen LogP contribution is 2.34. The molecule has 0 aliphatic heterocycles. The molecule has 1 unspecified atom stereocenters. The first-order valence-electron chi connectivity index (χ1n) is 11.7. The number of nitrogens with one attached hydrogen (secondary N) is 2. The van der Waals surface area contributed by atoms with Crippen molar-refractivity contribution >= 4 is 5.82 Å². The van der Waals surface area contributed by atoms with Crippen molar-refractivity contribution in [3.8, 4) is 28.4 Å². The van der Waals surface area contributed by atoms with Gasteiger partial charge in [0.1, 0.15) is 30.0 Å². The second-order valence-corrected chi connectivity index (χ2v) is 8.87. The molecule has 34 heavy (non-hydrogen) atoms. The lowest BCUT2D eigenvalue weighted by atomic mass is 10.0. The van der Waals surface area contributed by atoms with E-state index in [1.165, 1.54) is 0 Å². The van der Waals surface area contributed by atoms with E-state index in [1.54, 1.807) is 7.05 Å². The predicted octanol–water partition coefficient (Wildman–Crippen LogP) is 3.01. The first-order valence-corrected chi connectivity index (χ1v) is 11.7. The molecule has 1 aliphatic rings. The van der Waals surface area contributed by atoms with E-state index < -0.39 is 12.2 Å². The van der Waals surface area contributed by atoms with Crippen LogP contribution in [0.25, 0.3) is 22.6 Å². The third kappa shape index (κ3) is 5.22. The maximum absolute atomic E-state index is 10.4. The minimum absolute atomic E-state index is 0.0534. The molecule has 2 aromatic heterocycles. The van der Waals surface area contributed by atoms with Crippen molar-refractivity contribution in [2.45, 2.75) is 58.3 Å². The van der Waals surface area contributed by atoms with Crippen molar-refractivity contribution in [3.63, 3.8) is 0 Å². The van der Waals surface area contributed by atoms with Crippen molar-refractivity contribution in [1.29, 1.82) is 0 Å². The maximum Gasteiger partial charge on any atom is 0.162 e. The summed E-state index contributed by atoms with van der Waals surface area (Å²) in [6.07, 6.45) is 1.64. The molecule has 0 amide bonds. The van der Waals surface area contributed by atoms with Gasteiger partial charge in [-0.1, -0.05) is 17.3 Å². The Morgan fingerprint density at radius 1 is 1.21 bits per heavy atom. The number of nitrogens with zero attached hydrogens (tertiary/aromatic N) is 3. The maximum atomic E-state index is 10.4. The smallest absolute Gasteiger partial charge is 0.162 e. The Morgan fingerprint density at radius 2 is 2.03 bits per heavy atom. The molecule has 0 saturated heterocycles. The Labute approximate surface area is 199 Å². The Hall–Kier alpha value is -3.01. The molecule has 1 fully saturated rings. The number of benzene rings is 1. The zero-order chi connectivity index (χ0) is 24.2. The number of hydrogen-bond donors (Lipinski definition) is 4. The summed E-state index contributed by atoms with van der Waals surface area (Å²) in [4.78, 5) is 9.73. The number of hydrogen-bond acceptors (Lipinski definition) is 9. The molecule has 1 saturated carbocycles. The summed E-state index contributed by atoms with van der Waals surface area (Å²) in [5.41, 5.74) is 4.00. The van der Waals surface area contributed by atoms with Gasteiger partial charge in [-0.25, -0.2) is 9.97 Å². The first-order chi connectivity index (χ1) is 16.4. The van der Waals surface area contributed by atoms with Gasteiger partial charge in [0.2, 0.25) is 0 Å².